The summed E-state index contributed by atoms with van der Waals surface area (Å²) in [6.45, 7) is 4.12. The van der Waals surface area contributed by atoms with Crippen molar-refractivity contribution in [1.29, 1.82) is 0 Å². The Morgan fingerprint density at radius 1 is 1.42 bits per heavy atom. The second-order valence-corrected chi connectivity index (χ2v) is 6.04. The summed E-state index contributed by atoms with van der Waals surface area (Å²) in [6.07, 6.45) is 2.48. The number of nitrogens with zero attached hydrogens (tertiary/aromatic N) is 2. The van der Waals surface area contributed by atoms with Crippen molar-refractivity contribution < 1.29 is 4.74 Å². The number of para-hydroxylation sites is 1. The van der Waals surface area contributed by atoms with Crippen LogP contribution >= 0.6 is 11.6 Å². The zero-order valence-corrected chi connectivity index (χ0v) is 12.3. The first kappa shape index (κ1) is 12.9. The van der Waals surface area contributed by atoms with Crippen molar-refractivity contribution in [2.75, 3.05) is 7.11 Å². The first-order valence-electron chi connectivity index (χ1n) is 6.76. The maximum Gasteiger partial charge on any atom is 0.127 e. The van der Waals surface area contributed by atoms with Gasteiger partial charge in [0, 0.05) is 13.2 Å². The maximum absolute atomic E-state index is 6.31. The number of aryl methyl sites for hydroxylation is 1. The van der Waals surface area contributed by atoms with Crippen molar-refractivity contribution in [1.82, 2.24) is 9.55 Å². The Kier molecular flexibility index (Phi) is 3.27. The monoisotopic (exact) mass is 278 g/mol. The summed E-state index contributed by atoms with van der Waals surface area (Å²) in [5.41, 5.74) is 3.53. The van der Waals surface area contributed by atoms with Crippen LogP contribution in [0.1, 0.15) is 42.6 Å². The van der Waals surface area contributed by atoms with E-state index in [1.807, 2.05) is 6.92 Å². The van der Waals surface area contributed by atoms with Crippen LogP contribution in [0.5, 0.6) is 0 Å². The van der Waals surface area contributed by atoms with Crippen LogP contribution in [0.3, 0.4) is 0 Å². The van der Waals surface area contributed by atoms with Gasteiger partial charge in [0.1, 0.15) is 5.82 Å². The molecule has 1 fully saturated rings. The van der Waals surface area contributed by atoms with E-state index in [9.17, 15) is 0 Å². The molecule has 0 amide bonds. The number of imidazole rings is 1. The predicted octanol–water partition coefficient (Wildman–Crippen LogP) is 3.99. The Balaban J connectivity index is 2.12. The minimum Gasteiger partial charge on any atom is -0.381 e. The van der Waals surface area contributed by atoms with Gasteiger partial charge in [-0.2, -0.15) is 0 Å². The molecule has 2 aromatic rings. The van der Waals surface area contributed by atoms with E-state index in [2.05, 4.69) is 29.7 Å². The van der Waals surface area contributed by atoms with Crippen LogP contribution in [-0.2, 0) is 4.74 Å². The third-order valence-corrected chi connectivity index (χ3v) is 4.26. The molecule has 1 aromatic carbocycles. The maximum atomic E-state index is 6.31. The number of alkyl halides is 1. The van der Waals surface area contributed by atoms with E-state index in [0.29, 0.717) is 12.1 Å². The zero-order valence-electron chi connectivity index (χ0n) is 11.6. The summed E-state index contributed by atoms with van der Waals surface area (Å²) in [6, 6.07) is 6.72. The molecule has 0 saturated heterocycles. The molecule has 1 unspecified atom stereocenters. The van der Waals surface area contributed by atoms with Gasteiger partial charge in [0.15, 0.2) is 0 Å². The quantitative estimate of drug-likeness (QED) is 0.794. The van der Waals surface area contributed by atoms with Crippen LogP contribution < -0.4 is 0 Å². The van der Waals surface area contributed by atoms with E-state index < -0.39 is 0 Å². The minimum absolute atomic E-state index is 0.0756. The highest BCUT2D eigenvalue weighted by Gasteiger charge is 2.34. The minimum atomic E-state index is -0.0756. The Hall–Kier alpha value is -1.06. The second kappa shape index (κ2) is 4.80. The fourth-order valence-corrected chi connectivity index (χ4v) is 3.08. The van der Waals surface area contributed by atoms with Gasteiger partial charge in [-0.15, -0.1) is 11.6 Å². The molecule has 3 nitrogen and oxygen atoms in total. The highest BCUT2D eigenvalue weighted by Crippen LogP contribution is 2.40. The van der Waals surface area contributed by atoms with Gasteiger partial charge < -0.3 is 9.30 Å². The summed E-state index contributed by atoms with van der Waals surface area (Å²) in [5.74, 6) is 0.977. The van der Waals surface area contributed by atoms with E-state index in [0.717, 1.165) is 24.2 Å². The summed E-state index contributed by atoms with van der Waals surface area (Å²) in [5, 5.41) is -0.0756. The van der Waals surface area contributed by atoms with Crippen molar-refractivity contribution in [3.05, 3.63) is 29.6 Å². The average molecular weight is 279 g/mol. The van der Waals surface area contributed by atoms with Crippen LogP contribution in [-0.4, -0.2) is 22.8 Å². The molecule has 19 heavy (non-hydrogen) atoms. The summed E-state index contributed by atoms with van der Waals surface area (Å²) in [4.78, 5) is 4.72. The van der Waals surface area contributed by atoms with E-state index >= 15 is 0 Å². The lowest BCUT2D eigenvalue weighted by atomic mass is 9.88. The normalized spacial score (nSPS) is 24.4. The fourth-order valence-electron chi connectivity index (χ4n) is 2.93. The molecule has 0 radical (unpaired) electrons. The van der Waals surface area contributed by atoms with Crippen molar-refractivity contribution in [2.24, 2.45) is 0 Å². The Bertz CT molecular complexity index is 599. The topological polar surface area (TPSA) is 27.1 Å². The van der Waals surface area contributed by atoms with Gasteiger partial charge in [-0.3, -0.25) is 0 Å². The van der Waals surface area contributed by atoms with E-state index in [1.165, 1.54) is 11.1 Å². The summed E-state index contributed by atoms with van der Waals surface area (Å²) in [7, 11) is 1.78. The molecule has 1 aliphatic rings. The number of hydrogen-bond acceptors (Lipinski definition) is 2. The number of rotatable bonds is 3. The molecule has 1 aromatic heterocycles. The van der Waals surface area contributed by atoms with Gasteiger partial charge in [-0.05, 0) is 38.3 Å². The van der Waals surface area contributed by atoms with Crippen molar-refractivity contribution in [3.63, 3.8) is 0 Å². The molecule has 0 bridgehead atoms. The third kappa shape index (κ3) is 2.05. The molecule has 102 valence electrons. The number of fused-ring (bicyclic) bond motifs is 1. The molecule has 3 rings (SSSR count). The molecule has 1 saturated carbocycles. The van der Waals surface area contributed by atoms with Gasteiger partial charge in [0.25, 0.3) is 0 Å². The van der Waals surface area contributed by atoms with Crippen LogP contribution in [0.4, 0.5) is 0 Å². The highest BCUT2D eigenvalue weighted by atomic mass is 35.5. The predicted molar refractivity (Wildman–Crippen MR) is 77.8 cm³/mol. The van der Waals surface area contributed by atoms with E-state index in [4.69, 9.17) is 21.3 Å². The third-order valence-electron chi connectivity index (χ3n) is 4.06. The Labute approximate surface area is 118 Å². The van der Waals surface area contributed by atoms with Gasteiger partial charge in [-0.1, -0.05) is 12.1 Å². The van der Waals surface area contributed by atoms with Crippen LogP contribution in [0.2, 0.25) is 0 Å². The first-order valence-corrected chi connectivity index (χ1v) is 7.19. The average Bonchev–Trinajstić information content (AvgIpc) is 2.69. The number of hydrogen-bond donors (Lipinski definition) is 0. The SMILES string of the molecule is COC1CC(n2c(C(C)Cl)nc3cccc(C)c32)C1. The van der Waals surface area contributed by atoms with Crippen molar-refractivity contribution >= 4 is 22.6 Å². The fraction of sp³-hybridized carbons (Fsp3) is 0.533. The van der Waals surface area contributed by atoms with Crippen molar-refractivity contribution in [2.45, 2.75) is 44.2 Å². The standard InChI is InChI=1S/C15H19ClN2O/c1-9-5-4-6-13-14(9)18(15(17-13)10(2)16)11-7-12(8-11)19-3/h4-6,10-12H,7-8H2,1-3H3. The molecule has 1 heterocycles. The largest absolute Gasteiger partial charge is 0.381 e. The Morgan fingerprint density at radius 3 is 2.79 bits per heavy atom. The van der Waals surface area contributed by atoms with E-state index in [-0.39, 0.29) is 5.38 Å². The molecule has 0 spiro atoms. The lowest BCUT2D eigenvalue weighted by Gasteiger charge is -2.36. The van der Waals surface area contributed by atoms with Gasteiger partial charge in [-0.25, -0.2) is 4.98 Å². The van der Waals surface area contributed by atoms with Crippen LogP contribution in [0, 0.1) is 6.92 Å². The summed E-state index contributed by atoms with van der Waals surface area (Å²) >= 11 is 6.31. The lowest BCUT2D eigenvalue weighted by Crippen LogP contribution is -2.33. The van der Waals surface area contributed by atoms with Crippen LogP contribution in [0.25, 0.3) is 11.0 Å². The molecule has 4 heteroatoms. The number of halogens is 1. The smallest absolute Gasteiger partial charge is 0.127 e. The zero-order chi connectivity index (χ0) is 13.6. The van der Waals surface area contributed by atoms with Crippen LogP contribution in [0.15, 0.2) is 18.2 Å². The number of ether oxygens (including phenoxy) is 1. The molecular weight excluding hydrogens is 260 g/mol. The number of benzene rings is 1. The highest BCUT2D eigenvalue weighted by molar-refractivity contribution is 6.20. The number of aromatic nitrogens is 2. The summed E-state index contributed by atoms with van der Waals surface area (Å²) < 4.78 is 7.72. The molecule has 1 atom stereocenters. The molecule has 0 aliphatic heterocycles. The van der Waals surface area contributed by atoms with Gasteiger partial charge in [0.05, 0.1) is 22.5 Å². The van der Waals surface area contributed by atoms with Gasteiger partial charge >= 0.3 is 0 Å². The second-order valence-electron chi connectivity index (χ2n) is 5.38. The van der Waals surface area contributed by atoms with Crippen molar-refractivity contribution in [3.8, 4) is 0 Å². The Morgan fingerprint density at radius 2 is 2.16 bits per heavy atom. The van der Waals surface area contributed by atoms with E-state index in [1.54, 1.807) is 7.11 Å². The molecule has 1 aliphatic carbocycles. The lowest BCUT2D eigenvalue weighted by molar-refractivity contribution is 0.00655. The molecule has 0 N–H and O–H groups in total. The molecular formula is C15H19ClN2O. The van der Waals surface area contributed by atoms with Gasteiger partial charge in [0.2, 0.25) is 0 Å². The first-order chi connectivity index (χ1) is 9.11. The number of methoxy groups -OCH3 is 1.